The minimum Gasteiger partial charge on any atom is -0.462 e. The molecule has 70 heavy (non-hydrogen) atoms. The number of esters is 3. The van der Waals surface area contributed by atoms with Crippen LogP contribution in [0.15, 0.2) is 109 Å². The van der Waals surface area contributed by atoms with E-state index in [0.717, 1.165) is 128 Å². The smallest absolute Gasteiger partial charge is 0.306 e. The molecule has 1 unspecified atom stereocenters. The molecule has 398 valence electrons. The normalized spacial score (nSPS) is 12.9. The van der Waals surface area contributed by atoms with Gasteiger partial charge in [-0.15, -0.1) is 0 Å². The van der Waals surface area contributed by atoms with Gasteiger partial charge in [0.25, 0.3) is 0 Å². The fourth-order valence-corrected chi connectivity index (χ4v) is 7.73. The number of carbonyl (C=O) groups is 3. The fraction of sp³-hybridized carbons (Fsp3) is 0.672. The van der Waals surface area contributed by atoms with Gasteiger partial charge in [-0.05, 0) is 116 Å². The van der Waals surface area contributed by atoms with E-state index in [1.165, 1.54) is 89.9 Å². The van der Waals surface area contributed by atoms with Crippen molar-refractivity contribution in [3.8, 4) is 0 Å². The minimum atomic E-state index is -0.798. The SMILES string of the molecule is CC/C=C\C/C=C\C/C=C\C/C=C\CCCCCCCCC(=O)OCC(COC(=O)CCCCCC/C=C\C/C=C\C/C=C\CC)OC(=O)CCCCCCCCCCCC/C=C\C=C/CCCCC. The maximum atomic E-state index is 12.9. The number of ether oxygens (including phenoxy) is 3. The predicted octanol–water partition coefficient (Wildman–Crippen LogP) is 19.5. The third-order valence-corrected chi connectivity index (χ3v) is 12.0. The molecule has 6 nitrogen and oxygen atoms in total. The number of allylic oxidation sites excluding steroid dienone is 18. The molecule has 0 aromatic heterocycles. The summed E-state index contributed by atoms with van der Waals surface area (Å²) in [5.74, 6) is -0.933. The van der Waals surface area contributed by atoms with E-state index < -0.39 is 6.10 Å². The largest absolute Gasteiger partial charge is 0.462 e. The zero-order valence-corrected chi connectivity index (χ0v) is 45.5. The first-order valence-electron chi connectivity index (χ1n) is 28.9. The Balaban J connectivity index is 4.44. The number of carbonyl (C=O) groups excluding carboxylic acids is 3. The zero-order chi connectivity index (χ0) is 50.7. The summed E-state index contributed by atoms with van der Waals surface area (Å²) in [5.41, 5.74) is 0. The van der Waals surface area contributed by atoms with Crippen LogP contribution in [-0.2, 0) is 28.6 Å². The average molecular weight is 972 g/mol. The van der Waals surface area contributed by atoms with Crippen LogP contribution >= 0.6 is 0 Å². The van der Waals surface area contributed by atoms with Crippen molar-refractivity contribution in [2.24, 2.45) is 0 Å². The first-order chi connectivity index (χ1) is 34.5. The second-order valence-corrected chi connectivity index (χ2v) is 18.8. The maximum Gasteiger partial charge on any atom is 0.306 e. The van der Waals surface area contributed by atoms with Gasteiger partial charge in [0.05, 0.1) is 0 Å². The number of unbranched alkanes of at least 4 members (excludes halogenated alkanes) is 23. The Hall–Kier alpha value is -3.93. The Morgan fingerprint density at radius 2 is 0.600 bits per heavy atom. The number of hydrogen-bond donors (Lipinski definition) is 0. The van der Waals surface area contributed by atoms with E-state index in [4.69, 9.17) is 14.2 Å². The molecule has 0 saturated carbocycles. The summed E-state index contributed by atoms with van der Waals surface area (Å²) in [6.45, 7) is 6.36. The molecule has 0 aromatic carbocycles. The summed E-state index contributed by atoms with van der Waals surface area (Å²) in [6.07, 6.45) is 77.9. The molecule has 0 rings (SSSR count). The molecular formula is C64H106O6. The highest BCUT2D eigenvalue weighted by atomic mass is 16.6. The molecule has 0 spiro atoms. The van der Waals surface area contributed by atoms with Gasteiger partial charge in [-0.2, -0.15) is 0 Å². The quantitative estimate of drug-likeness (QED) is 0.0199. The molecule has 0 bridgehead atoms. The Labute approximate surface area is 431 Å². The molecule has 0 amide bonds. The molecule has 0 N–H and O–H groups in total. The van der Waals surface area contributed by atoms with Gasteiger partial charge in [-0.25, -0.2) is 0 Å². The standard InChI is InChI=1S/C64H106O6/c1-4-7-10-13-16-19-22-25-28-30-32-34-36-39-42-45-48-51-54-57-63(66)69-60-61(59-68-62(65)56-53-50-47-44-41-38-27-24-21-18-15-12-9-6-3)70-64(67)58-55-52-49-46-43-40-37-35-33-31-29-26-23-20-17-14-11-8-5-2/h7,9-10,12,16-21,23,25-28,32,34,38,61H,4-6,8,11,13-15,22,24,29-31,33,35-37,39-60H2,1-3H3/b10-7-,12-9-,19-16-,20-17-,21-18-,26-23-,28-25-,34-32-,38-27-. The lowest BCUT2D eigenvalue weighted by molar-refractivity contribution is -0.167. The fourth-order valence-electron chi connectivity index (χ4n) is 7.73. The van der Waals surface area contributed by atoms with Crippen LogP contribution < -0.4 is 0 Å². The molecule has 0 saturated heterocycles. The summed E-state index contributed by atoms with van der Waals surface area (Å²) >= 11 is 0. The first kappa shape index (κ1) is 66.1. The Bertz CT molecular complexity index is 1440. The van der Waals surface area contributed by atoms with Crippen LogP contribution in [0.1, 0.15) is 258 Å². The van der Waals surface area contributed by atoms with E-state index in [2.05, 4.69) is 130 Å². The van der Waals surface area contributed by atoms with Crippen molar-refractivity contribution < 1.29 is 28.6 Å². The van der Waals surface area contributed by atoms with Gasteiger partial charge in [0.2, 0.25) is 0 Å². The second-order valence-electron chi connectivity index (χ2n) is 18.8. The zero-order valence-electron chi connectivity index (χ0n) is 45.5. The van der Waals surface area contributed by atoms with Crippen LogP contribution in [0.2, 0.25) is 0 Å². The third kappa shape index (κ3) is 55.0. The third-order valence-electron chi connectivity index (χ3n) is 12.0. The van der Waals surface area contributed by atoms with Gasteiger partial charge >= 0.3 is 17.9 Å². The molecule has 0 aromatic rings. The lowest BCUT2D eigenvalue weighted by Crippen LogP contribution is -2.30. The van der Waals surface area contributed by atoms with Gasteiger partial charge < -0.3 is 14.2 Å². The monoisotopic (exact) mass is 971 g/mol. The molecule has 1 atom stereocenters. The molecule has 6 heteroatoms. The maximum absolute atomic E-state index is 12.9. The van der Waals surface area contributed by atoms with Crippen LogP contribution in [0.4, 0.5) is 0 Å². The van der Waals surface area contributed by atoms with Crippen molar-refractivity contribution in [1.29, 1.82) is 0 Å². The predicted molar refractivity (Wildman–Crippen MR) is 302 cm³/mol. The highest BCUT2D eigenvalue weighted by Crippen LogP contribution is 2.15. The minimum absolute atomic E-state index is 0.0956. The van der Waals surface area contributed by atoms with Crippen LogP contribution in [0.5, 0.6) is 0 Å². The van der Waals surface area contributed by atoms with Crippen LogP contribution in [0.25, 0.3) is 0 Å². The van der Waals surface area contributed by atoms with Crippen LogP contribution in [0.3, 0.4) is 0 Å². The summed E-state index contributed by atoms with van der Waals surface area (Å²) < 4.78 is 16.8. The van der Waals surface area contributed by atoms with Crippen molar-refractivity contribution in [1.82, 2.24) is 0 Å². The number of rotatable bonds is 51. The lowest BCUT2D eigenvalue weighted by Gasteiger charge is -2.18. The summed E-state index contributed by atoms with van der Waals surface area (Å²) in [7, 11) is 0. The number of hydrogen-bond acceptors (Lipinski definition) is 6. The van der Waals surface area contributed by atoms with E-state index in [0.29, 0.717) is 19.3 Å². The van der Waals surface area contributed by atoms with Crippen molar-refractivity contribution in [3.63, 3.8) is 0 Å². The highest BCUT2D eigenvalue weighted by molar-refractivity contribution is 5.71. The molecule has 0 radical (unpaired) electrons. The summed E-state index contributed by atoms with van der Waals surface area (Å²) in [4.78, 5) is 38.2. The Morgan fingerprint density at radius 1 is 0.314 bits per heavy atom. The molecule has 0 fully saturated rings. The van der Waals surface area contributed by atoms with E-state index in [-0.39, 0.29) is 31.1 Å². The lowest BCUT2D eigenvalue weighted by atomic mass is 10.1. The van der Waals surface area contributed by atoms with Crippen molar-refractivity contribution in [2.75, 3.05) is 13.2 Å². The highest BCUT2D eigenvalue weighted by Gasteiger charge is 2.19. The van der Waals surface area contributed by atoms with Crippen LogP contribution in [-0.4, -0.2) is 37.2 Å². The molecular weight excluding hydrogens is 865 g/mol. The molecule has 0 aliphatic carbocycles. The molecule has 0 aliphatic heterocycles. The van der Waals surface area contributed by atoms with E-state index in [9.17, 15) is 14.4 Å². The van der Waals surface area contributed by atoms with Crippen molar-refractivity contribution >= 4 is 17.9 Å². The molecule has 0 heterocycles. The molecule has 0 aliphatic rings. The van der Waals surface area contributed by atoms with Crippen molar-refractivity contribution in [3.05, 3.63) is 109 Å². The second kappa shape index (κ2) is 57.6. The van der Waals surface area contributed by atoms with Gasteiger partial charge in [0.15, 0.2) is 6.10 Å². The van der Waals surface area contributed by atoms with Gasteiger partial charge in [0, 0.05) is 19.3 Å². The summed E-state index contributed by atoms with van der Waals surface area (Å²) in [6, 6.07) is 0. The Kier molecular flexibility index (Phi) is 54.4. The topological polar surface area (TPSA) is 78.9 Å². The Morgan fingerprint density at radius 3 is 0.957 bits per heavy atom. The van der Waals surface area contributed by atoms with Gasteiger partial charge in [0.1, 0.15) is 13.2 Å². The summed E-state index contributed by atoms with van der Waals surface area (Å²) in [5, 5.41) is 0. The van der Waals surface area contributed by atoms with E-state index >= 15 is 0 Å². The average Bonchev–Trinajstić information content (AvgIpc) is 3.36. The van der Waals surface area contributed by atoms with Crippen molar-refractivity contribution in [2.45, 2.75) is 264 Å². The van der Waals surface area contributed by atoms with E-state index in [1.807, 2.05) is 0 Å². The van der Waals surface area contributed by atoms with Crippen LogP contribution in [0, 0.1) is 0 Å². The van der Waals surface area contributed by atoms with Gasteiger partial charge in [-0.1, -0.05) is 233 Å². The van der Waals surface area contributed by atoms with Gasteiger partial charge in [-0.3, -0.25) is 14.4 Å². The van der Waals surface area contributed by atoms with E-state index in [1.54, 1.807) is 0 Å². The first-order valence-corrected chi connectivity index (χ1v) is 28.9.